The first-order chi connectivity index (χ1) is 11.8. The zero-order chi connectivity index (χ0) is 18.4. The van der Waals surface area contributed by atoms with Gasteiger partial charge in [-0.2, -0.15) is 0 Å². The molecule has 0 atom stereocenters. The van der Waals surface area contributed by atoms with Crippen LogP contribution in [0.4, 0.5) is 11.4 Å². The molecule has 2 aromatic rings. The van der Waals surface area contributed by atoms with E-state index in [-0.39, 0.29) is 23.3 Å². The smallest absolute Gasteiger partial charge is 0.234 e. The Morgan fingerprint density at radius 1 is 0.920 bits per heavy atom. The van der Waals surface area contributed by atoms with Gasteiger partial charge in [0.2, 0.25) is 11.8 Å². The Kier molecular flexibility index (Phi) is 6.91. The first kappa shape index (κ1) is 19.3. The van der Waals surface area contributed by atoms with Gasteiger partial charge in [-0.1, -0.05) is 29.8 Å². The number of halogens is 1. The van der Waals surface area contributed by atoms with Gasteiger partial charge in [0.25, 0.3) is 0 Å². The van der Waals surface area contributed by atoms with Gasteiger partial charge in [-0.25, -0.2) is 0 Å². The highest BCUT2D eigenvalue weighted by Gasteiger charge is 2.08. The summed E-state index contributed by atoms with van der Waals surface area (Å²) in [5.74, 6) is 0.135. The van der Waals surface area contributed by atoms with E-state index >= 15 is 0 Å². The monoisotopic (exact) mass is 376 g/mol. The molecule has 0 spiro atoms. The molecule has 132 valence electrons. The molecule has 0 aliphatic carbocycles. The molecule has 0 heterocycles. The van der Waals surface area contributed by atoms with Crippen molar-refractivity contribution in [1.29, 1.82) is 0 Å². The van der Waals surface area contributed by atoms with Crippen LogP contribution in [-0.4, -0.2) is 23.3 Å². The molecule has 2 aromatic carbocycles. The summed E-state index contributed by atoms with van der Waals surface area (Å²) in [5.41, 5.74) is 4.52. The molecule has 0 aliphatic rings. The van der Waals surface area contributed by atoms with Gasteiger partial charge in [-0.05, 0) is 55.7 Å². The molecule has 25 heavy (non-hydrogen) atoms. The highest BCUT2D eigenvalue weighted by atomic mass is 35.5. The molecule has 2 N–H and O–H groups in total. The van der Waals surface area contributed by atoms with Crippen LogP contribution in [-0.2, 0) is 9.59 Å². The molecule has 2 amide bonds. The summed E-state index contributed by atoms with van der Waals surface area (Å²) in [5, 5.41) is 6.26. The third kappa shape index (κ3) is 6.11. The Morgan fingerprint density at radius 3 is 2.24 bits per heavy atom. The fraction of sp³-hybridized carbons (Fsp3) is 0.263. The van der Waals surface area contributed by atoms with Crippen molar-refractivity contribution in [2.24, 2.45) is 0 Å². The minimum absolute atomic E-state index is 0.120. The minimum atomic E-state index is -0.163. The zero-order valence-electron chi connectivity index (χ0n) is 14.5. The summed E-state index contributed by atoms with van der Waals surface area (Å²) in [6, 6.07) is 11.3. The highest BCUT2D eigenvalue weighted by molar-refractivity contribution is 8.00. The van der Waals surface area contributed by atoms with E-state index in [9.17, 15) is 9.59 Å². The second-order valence-electron chi connectivity index (χ2n) is 5.87. The first-order valence-corrected chi connectivity index (χ1v) is 9.39. The maximum atomic E-state index is 12.0. The molecule has 6 heteroatoms. The van der Waals surface area contributed by atoms with Crippen LogP contribution in [0.25, 0.3) is 0 Å². The summed E-state index contributed by atoms with van der Waals surface area (Å²) < 4.78 is 0. The fourth-order valence-electron chi connectivity index (χ4n) is 2.16. The van der Waals surface area contributed by atoms with Crippen molar-refractivity contribution < 1.29 is 9.59 Å². The second kappa shape index (κ2) is 8.92. The van der Waals surface area contributed by atoms with Crippen molar-refractivity contribution in [1.82, 2.24) is 0 Å². The first-order valence-electron chi connectivity index (χ1n) is 7.86. The summed E-state index contributed by atoms with van der Waals surface area (Å²) in [7, 11) is 0. The van der Waals surface area contributed by atoms with E-state index in [0.29, 0.717) is 10.7 Å². The van der Waals surface area contributed by atoms with Crippen molar-refractivity contribution in [3.05, 3.63) is 58.1 Å². The third-order valence-electron chi connectivity index (χ3n) is 3.59. The van der Waals surface area contributed by atoms with Crippen molar-refractivity contribution in [2.45, 2.75) is 20.8 Å². The van der Waals surface area contributed by atoms with Crippen LogP contribution in [0, 0.1) is 20.8 Å². The summed E-state index contributed by atoms with van der Waals surface area (Å²) >= 11 is 7.30. The molecule has 4 nitrogen and oxygen atoms in total. The van der Waals surface area contributed by atoms with Crippen LogP contribution < -0.4 is 10.6 Å². The predicted molar refractivity (Wildman–Crippen MR) is 107 cm³/mol. The molecule has 0 aromatic heterocycles. The maximum absolute atomic E-state index is 12.0. The zero-order valence-corrected chi connectivity index (χ0v) is 16.1. The summed E-state index contributed by atoms with van der Waals surface area (Å²) in [6.07, 6.45) is 0. The molecular formula is C19H21ClN2O2S. The summed E-state index contributed by atoms with van der Waals surface area (Å²) in [4.78, 5) is 24.0. The SMILES string of the molecule is Cc1ccc(C)c(NC(=O)CSCC(=O)Nc2ccc(C)c(Cl)c2)c1. The van der Waals surface area contributed by atoms with E-state index in [2.05, 4.69) is 10.6 Å². The van der Waals surface area contributed by atoms with Crippen LogP contribution in [0.1, 0.15) is 16.7 Å². The lowest BCUT2D eigenvalue weighted by molar-refractivity contribution is -0.114. The number of hydrogen-bond acceptors (Lipinski definition) is 3. The van der Waals surface area contributed by atoms with E-state index in [1.54, 1.807) is 12.1 Å². The van der Waals surface area contributed by atoms with E-state index in [4.69, 9.17) is 11.6 Å². The van der Waals surface area contributed by atoms with Crippen molar-refractivity contribution in [3.8, 4) is 0 Å². The lowest BCUT2D eigenvalue weighted by Gasteiger charge is -2.09. The van der Waals surface area contributed by atoms with Crippen LogP contribution in [0.5, 0.6) is 0 Å². The van der Waals surface area contributed by atoms with E-state index < -0.39 is 0 Å². The van der Waals surface area contributed by atoms with Gasteiger partial charge in [0.15, 0.2) is 0 Å². The number of rotatable bonds is 6. The lowest BCUT2D eigenvalue weighted by atomic mass is 10.1. The Morgan fingerprint density at radius 2 is 1.56 bits per heavy atom. The Labute approximate surface area is 157 Å². The molecule has 0 fully saturated rings. The van der Waals surface area contributed by atoms with Crippen molar-refractivity contribution in [2.75, 3.05) is 22.1 Å². The highest BCUT2D eigenvalue weighted by Crippen LogP contribution is 2.20. The van der Waals surface area contributed by atoms with Gasteiger partial charge in [0.1, 0.15) is 0 Å². The normalized spacial score (nSPS) is 10.4. The quantitative estimate of drug-likeness (QED) is 0.776. The molecule has 0 bridgehead atoms. The Balaban J connectivity index is 1.77. The number of carbonyl (C=O) groups is 2. The number of carbonyl (C=O) groups excluding carboxylic acids is 2. The summed E-state index contributed by atoms with van der Waals surface area (Å²) in [6.45, 7) is 5.83. The van der Waals surface area contributed by atoms with Gasteiger partial charge in [0, 0.05) is 16.4 Å². The van der Waals surface area contributed by atoms with Gasteiger partial charge < -0.3 is 10.6 Å². The largest absolute Gasteiger partial charge is 0.325 e. The van der Waals surface area contributed by atoms with Gasteiger partial charge in [-0.15, -0.1) is 11.8 Å². The fourth-order valence-corrected chi connectivity index (χ4v) is 2.96. The van der Waals surface area contributed by atoms with Crippen LogP contribution in [0.3, 0.4) is 0 Å². The van der Waals surface area contributed by atoms with Crippen molar-refractivity contribution >= 4 is 46.6 Å². The number of aryl methyl sites for hydroxylation is 3. The minimum Gasteiger partial charge on any atom is -0.325 e. The molecule has 0 saturated heterocycles. The van der Waals surface area contributed by atoms with Crippen molar-refractivity contribution in [3.63, 3.8) is 0 Å². The van der Waals surface area contributed by atoms with Gasteiger partial charge in [0.05, 0.1) is 11.5 Å². The van der Waals surface area contributed by atoms with Crippen LogP contribution in [0.2, 0.25) is 5.02 Å². The van der Waals surface area contributed by atoms with E-state index in [1.165, 1.54) is 11.8 Å². The molecule has 0 unspecified atom stereocenters. The second-order valence-corrected chi connectivity index (χ2v) is 7.26. The molecule has 0 saturated carbocycles. The standard InChI is InChI=1S/C19H21ClN2O2S/c1-12-4-5-14(3)17(8-12)22-19(24)11-25-10-18(23)21-15-7-6-13(2)16(20)9-15/h4-9H,10-11H2,1-3H3,(H,21,23)(H,22,24). The number of amides is 2. The average Bonchev–Trinajstić information content (AvgIpc) is 2.54. The lowest BCUT2D eigenvalue weighted by Crippen LogP contribution is -2.18. The number of anilines is 2. The topological polar surface area (TPSA) is 58.2 Å². The number of nitrogens with one attached hydrogen (secondary N) is 2. The Hall–Kier alpha value is -1.98. The van der Waals surface area contributed by atoms with E-state index in [1.807, 2.05) is 45.0 Å². The van der Waals surface area contributed by atoms with E-state index in [0.717, 1.165) is 22.4 Å². The average molecular weight is 377 g/mol. The number of benzene rings is 2. The molecule has 0 radical (unpaired) electrons. The predicted octanol–water partition coefficient (Wildman–Crippen LogP) is 4.58. The Bertz CT molecular complexity index is 793. The van der Waals surface area contributed by atoms with Crippen LogP contribution >= 0.6 is 23.4 Å². The molecule has 2 rings (SSSR count). The van der Waals surface area contributed by atoms with Gasteiger partial charge >= 0.3 is 0 Å². The maximum Gasteiger partial charge on any atom is 0.234 e. The van der Waals surface area contributed by atoms with Gasteiger partial charge in [-0.3, -0.25) is 9.59 Å². The number of thioether (sulfide) groups is 1. The number of hydrogen-bond donors (Lipinski definition) is 2. The molecule has 0 aliphatic heterocycles. The third-order valence-corrected chi connectivity index (χ3v) is 4.93. The van der Waals surface area contributed by atoms with Crippen LogP contribution in [0.15, 0.2) is 36.4 Å². The molecular weight excluding hydrogens is 356 g/mol.